The molecule has 3 N–H and O–H groups in total. The number of hydrogen-bond acceptors (Lipinski definition) is 6. The average Bonchev–Trinajstić information content (AvgIpc) is 3.00. The lowest BCUT2D eigenvalue weighted by Gasteiger charge is -2.04. The molecule has 8 nitrogen and oxygen atoms in total. The zero-order valence-electron chi connectivity index (χ0n) is 12.2. The standard InChI is InChI=1S/C15H13N5O3/c1-9-3-2-4-11(7-9)17-15(21)22-20-14(16)10-5-6-12-13(8-10)19-23-18-12/h2-8H,1H3,(H2,16,20)(H,17,21). The number of oxime groups is 1. The highest BCUT2D eigenvalue weighted by Gasteiger charge is 2.07. The third kappa shape index (κ3) is 3.43. The molecular weight excluding hydrogens is 298 g/mol. The second kappa shape index (κ2) is 6.14. The van der Waals surface area contributed by atoms with Crippen molar-refractivity contribution in [3.05, 3.63) is 53.6 Å². The highest BCUT2D eigenvalue weighted by Crippen LogP contribution is 2.12. The Balaban J connectivity index is 1.67. The second-order valence-electron chi connectivity index (χ2n) is 4.82. The fourth-order valence-electron chi connectivity index (χ4n) is 1.95. The van der Waals surface area contributed by atoms with Crippen LogP contribution in [0.15, 0.2) is 52.2 Å². The van der Waals surface area contributed by atoms with E-state index in [1.54, 1.807) is 30.3 Å². The van der Waals surface area contributed by atoms with E-state index >= 15 is 0 Å². The first-order valence-electron chi connectivity index (χ1n) is 6.72. The SMILES string of the molecule is Cc1cccc(NC(=O)O/N=C(\N)c2ccc3nonc3c2)c1. The molecule has 3 rings (SSSR count). The number of nitrogens with one attached hydrogen (secondary N) is 1. The summed E-state index contributed by atoms with van der Waals surface area (Å²) in [6, 6.07) is 12.3. The molecule has 116 valence electrons. The molecular formula is C15H13N5O3. The minimum absolute atomic E-state index is 0.0364. The highest BCUT2D eigenvalue weighted by atomic mass is 16.7. The van der Waals surface area contributed by atoms with Crippen molar-refractivity contribution < 1.29 is 14.3 Å². The summed E-state index contributed by atoms with van der Waals surface area (Å²) < 4.78 is 4.60. The van der Waals surface area contributed by atoms with E-state index in [0.29, 0.717) is 22.3 Å². The molecule has 0 aliphatic carbocycles. The van der Waals surface area contributed by atoms with E-state index in [-0.39, 0.29) is 5.84 Å². The molecule has 0 bridgehead atoms. The Bertz CT molecular complexity index is 887. The first-order valence-corrected chi connectivity index (χ1v) is 6.72. The van der Waals surface area contributed by atoms with Crippen LogP contribution in [0, 0.1) is 6.92 Å². The van der Waals surface area contributed by atoms with Crippen LogP contribution < -0.4 is 11.1 Å². The molecule has 1 amide bonds. The third-order valence-corrected chi connectivity index (χ3v) is 3.04. The third-order valence-electron chi connectivity index (χ3n) is 3.04. The van der Waals surface area contributed by atoms with Gasteiger partial charge in [-0.25, -0.2) is 9.42 Å². The van der Waals surface area contributed by atoms with Crippen molar-refractivity contribution in [2.45, 2.75) is 6.92 Å². The molecule has 3 aromatic rings. The number of aryl methyl sites for hydroxylation is 1. The minimum atomic E-state index is -0.734. The number of anilines is 1. The molecule has 0 aliphatic heterocycles. The van der Waals surface area contributed by atoms with Crippen molar-refractivity contribution in [2.24, 2.45) is 10.9 Å². The number of carbonyl (C=O) groups is 1. The van der Waals surface area contributed by atoms with Gasteiger partial charge in [-0.05, 0) is 53.1 Å². The van der Waals surface area contributed by atoms with Gasteiger partial charge in [0.1, 0.15) is 11.0 Å². The maximum atomic E-state index is 11.7. The summed E-state index contributed by atoms with van der Waals surface area (Å²) in [5.41, 5.74) is 9.08. The highest BCUT2D eigenvalue weighted by molar-refractivity contribution is 6.00. The lowest BCUT2D eigenvalue weighted by Crippen LogP contribution is -2.17. The lowest BCUT2D eigenvalue weighted by atomic mass is 10.2. The van der Waals surface area contributed by atoms with Crippen LogP contribution in [-0.2, 0) is 4.84 Å². The number of fused-ring (bicyclic) bond motifs is 1. The van der Waals surface area contributed by atoms with Crippen molar-refractivity contribution in [1.82, 2.24) is 10.3 Å². The fraction of sp³-hybridized carbons (Fsp3) is 0.0667. The first kappa shape index (κ1) is 14.5. The van der Waals surface area contributed by atoms with E-state index in [4.69, 9.17) is 10.6 Å². The van der Waals surface area contributed by atoms with Gasteiger partial charge in [-0.3, -0.25) is 10.2 Å². The molecule has 8 heteroatoms. The maximum absolute atomic E-state index is 11.7. The van der Waals surface area contributed by atoms with Gasteiger partial charge in [0.15, 0.2) is 5.84 Å². The van der Waals surface area contributed by atoms with Crippen molar-refractivity contribution >= 4 is 28.6 Å². The summed E-state index contributed by atoms with van der Waals surface area (Å²) in [5.74, 6) is 0.0364. The Morgan fingerprint density at radius 1 is 1.22 bits per heavy atom. The molecule has 0 unspecified atom stereocenters. The smallest absolute Gasteiger partial charge is 0.380 e. The monoisotopic (exact) mass is 311 g/mol. The van der Waals surface area contributed by atoms with Crippen LogP contribution >= 0.6 is 0 Å². The van der Waals surface area contributed by atoms with Crippen LogP contribution in [0.5, 0.6) is 0 Å². The topological polar surface area (TPSA) is 116 Å². The zero-order chi connectivity index (χ0) is 16.2. The molecule has 0 spiro atoms. The van der Waals surface area contributed by atoms with Crippen LogP contribution in [-0.4, -0.2) is 22.2 Å². The zero-order valence-corrected chi connectivity index (χ0v) is 12.2. The molecule has 0 saturated carbocycles. The van der Waals surface area contributed by atoms with E-state index < -0.39 is 6.09 Å². The lowest BCUT2D eigenvalue weighted by molar-refractivity contribution is 0.166. The van der Waals surface area contributed by atoms with Gasteiger partial charge >= 0.3 is 6.09 Å². The van der Waals surface area contributed by atoms with Gasteiger partial charge in [-0.15, -0.1) is 0 Å². The normalized spacial score (nSPS) is 11.4. The molecule has 0 radical (unpaired) electrons. The number of nitrogens with two attached hydrogens (primary N) is 1. The van der Waals surface area contributed by atoms with Crippen LogP contribution in [0.25, 0.3) is 11.0 Å². The maximum Gasteiger partial charge on any atom is 0.437 e. The molecule has 1 aromatic heterocycles. The Morgan fingerprint density at radius 3 is 2.87 bits per heavy atom. The molecule has 23 heavy (non-hydrogen) atoms. The number of rotatable bonds is 3. The number of amidine groups is 1. The number of carbonyl (C=O) groups excluding carboxylic acids is 1. The van der Waals surface area contributed by atoms with E-state index in [2.05, 4.69) is 25.4 Å². The van der Waals surface area contributed by atoms with Crippen molar-refractivity contribution in [3.8, 4) is 0 Å². The van der Waals surface area contributed by atoms with E-state index in [1.807, 2.05) is 19.1 Å². The van der Waals surface area contributed by atoms with Gasteiger partial charge in [0.05, 0.1) is 0 Å². The number of aromatic nitrogens is 2. The van der Waals surface area contributed by atoms with E-state index in [0.717, 1.165) is 5.56 Å². The van der Waals surface area contributed by atoms with E-state index in [1.165, 1.54) is 0 Å². The summed E-state index contributed by atoms with van der Waals surface area (Å²) in [7, 11) is 0. The molecule has 0 saturated heterocycles. The Morgan fingerprint density at radius 2 is 2.04 bits per heavy atom. The average molecular weight is 311 g/mol. The Kier molecular flexibility index (Phi) is 3.88. The largest absolute Gasteiger partial charge is 0.437 e. The second-order valence-corrected chi connectivity index (χ2v) is 4.82. The summed E-state index contributed by atoms with van der Waals surface area (Å²) >= 11 is 0. The van der Waals surface area contributed by atoms with Crippen molar-refractivity contribution in [1.29, 1.82) is 0 Å². The number of nitrogens with zero attached hydrogens (tertiary/aromatic N) is 3. The van der Waals surface area contributed by atoms with Gasteiger partial charge in [-0.1, -0.05) is 17.3 Å². The van der Waals surface area contributed by atoms with Gasteiger partial charge < -0.3 is 5.73 Å². The summed E-state index contributed by atoms with van der Waals surface area (Å²) in [5, 5.41) is 13.6. The predicted octanol–water partition coefficient (Wildman–Crippen LogP) is 2.40. The minimum Gasteiger partial charge on any atom is -0.380 e. The molecule has 0 fully saturated rings. The van der Waals surface area contributed by atoms with Crippen molar-refractivity contribution in [3.63, 3.8) is 0 Å². The number of hydrogen-bond donors (Lipinski definition) is 2. The van der Waals surface area contributed by atoms with Gasteiger partial charge in [0.25, 0.3) is 0 Å². The Labute approximate surface area is 130 Å². The fourth-order valence-corrected chi connectivity index (χ4v) is 1.95. The number of benzene rings is 2. The molecule has 0 aliphatic rings. The van der Waals surface area contributed by atoms with E-state index in [9.17, 15) is 4.79 Å². The van der Waals surface area contributed by atoms with Crippen LogP contribution in [0.4, 0.5) is 10.5 Å². The van der Waals surface area contributed by atoms with Gasteiger partial charge in [0.2, 0.25) is 0 Å². The quantitative estimate of drug-likeness (QED) is 0.332. The van der Waals surface area contributed by atoms with Crippen LogP contribution in [0.3, 0.4) is 0 Å². The van der Waals surface area contributed by atoms with Crippen LogP contribution in [0.2, 0.25) is 0 Å². The predicted molar refractivity (Wildman–Crippen MR) is 83.8 cm³/mol. The van der Waals surface area contributed by atoms with Gasteiger partial charge in [0, 0.05) is 11.3 Å². The summed E-state index contributed by atoms with van der Waals surface area (Å²) in [4.78, 5) is 16.4. The first-order chi connectivity index (χ1) is 11.1. The van der Waals surface area contributed by atoms with Gasteiger partial charge in [-0.2, -0.15) is 0 Å². The van der Waals surface area contributed by atoms with Crippen LogP contribution in [0.1, 0.15) is 11.1 Å². The molecule has 2 aromatic carbocycles. The Hall–Kier alpha value is -3.42. The summed E-state index contributed by atoms with van der Waals surface area (Å²) in [6.45, 7) is 1.92. The number of amides is 1. The molecule has 1 heterocycles. The summed E-state index contributed by atoms with van der Waals surface area (Å²) in [6.07, 6.45) is -0.734. The molecule has 0 atom stereocenters. The van der Waals surface area contributed by atoms with Crippen molar-refractivity contribution in [2.75, 3.05) is 5.32 Å².